The van der Waals surface area contributed by atoms with Crippen LogP contribution in [0, 0.1) is 0 Å². The molecule has 2 rings (SSSR count). The number of ether oxygens (including phenoxy) is 2. The van der Waals surface area contributed by atoms with Gasteiger partial charge in [0.15, 0.2) is 0 Å². The van der Waals surface area contributed by atoms with Crippen molar-refractivity contribution in [2.24, 2.45) is 0 Å². The van der Waals surface area contributed by atoms with Crippen LogP contribution in [0.2, 0.25) is 0 Å². The zero-order chi connectivity index (χ0) is 15.4. The first-order chi connectivity index (χ1) is 10.0. The van der Waals surface area contributed by atoms with Crippen molar-refractivity contribution in [1.82, 2.24) is 4.57 Å². The lowest BCUT2D eigenvalue weighted by Gasteiger charge is -2.12. The fourth-order valence-electron chi connectivity index (χ4n) is 2.04. The third-order valence-corrected chi connectivity index (χ3v) is 3.16. The molecule has 0 aliphatic heterocycles. The Hall–Kier alpha value is -2.43. The maximum absolute atomic E-state index is 12.2. The molecule has 0 spiro atoms. The SMILES string of the molecule is COc1ccc(COC(=O)c2cc(N)cn2C(C)C)cc1. The van der Waals surface area contributed by atoms with E-state index in [-0.39, 0.29) is 18.6 Å². The lowest BCUT2D eigenvalue weighted by molar-refractivity contribution is 0.0458. The fourth-order valence-corrected chi connectivity index (χ4v) is 2.04. The summed E-state index contributed by atoms with van der Waals surface area (Å²) >= 11 is 0. The molecule has 112 valence electrons. The van der Waals surface area contributed by atoms with E-state index in [1.807, 2.05) is 42.7 Å². The van der Waals surface area contributed by atoms with Crippen molar-refractivity contribution in [3.05, 3.63) is 47.8 Å². The second-order valence-electron chi connectivity index (χ2n) is 5.08. The first-order valence-corrected chi connectivity index (χ1v) is 6.78. The first-order valence-electron chi connectivity index (χ1n) is 6.78. The van der Waals surface area contributed by atoms with Crippen LogP contribution in [0.15, 0.2) is 36.5 Å². The first kappa shape index (κ1) is 15.0. The summed E-state index contributed by atoms with van der Waals surface area (Å²) in [6.07, 6.45) is 1.74. The highest BCUT2D eigenvalue weighted by Crippen LogP contribution is 2.18. The summed E-state index contributed by atoms with van der Waals surface area (Å²) in [4.78, 5) is 12.2. The van der Waals surface area contributed by atoms with Crippen LogP contribution in [0.1, 0.15) is 35.9 Å². The van der Waals surface area contributed by atoms with Crippen LogP contribution < -0.4 is 10.5 Å². The minimum Gasteiger partial charge on any atom is -0.497 e. The number of carbonyl (C=O) groups is 1. The maximum Gasteiger partial charge on any atom is 0.355 e. The van der Waals surface area contributed by atoms with Crippen LogP contribution in [-0.2, 0) is 11.3 Å². The lowest BCUT2D eigenvalue weighted by Crippen LogP contribution is -2.13. The average Bonchev–Trinajstić information content (AvgIpc) is 2.87. The van der Waals surface area contributed by atoms with Crippen LogP contribution in [0.3, 0.4) is 0 Å². The van der Waals surface area contributed by atoms with Gasteiger partial charge in [0, 0.05) is 12.2 Å². The second-order valence-corrected chi connectivity index (χ2v) is 5.08. The van der Waals surface area contributed by atoms with E-state index in [0.717, 1.165) is 11.3 Å². The van der Waals surface area contributed by atoms with E-state index in [0.29, 0.717) is 11.4 Å². The highest BCUT2D eigenvalue weighted by atomic mass is 16.5. The Morgan fingerprint density at radius 3 is 2.52 bits per heavy atom. The summed E-state index contributed by atoms with van der Waals surface area (Å²) in [7, 11) is 1.61. The number of hydrogen-bond acceptors (Lipinski definition) is 4. The van der Waals surface area contributed by atoms with Crippen molar-refractivity contribution in [2.45, 2.75) is 26.5 Å². The molecule has 5 nitrogen and oxygen atoms in total. The molecule has 0 fully saturated rings. The van der Waals surface area contributed by atoms with Crippen molar-refractivity contribution in [3.8, 4) is 5.75 Å². The standard InChI is InChI=1S/C16H20N2O3/c1-11(2)18-9-13(17)8-15(18)16(19)21-10-12-4-6-14(20-3)7-5-12/h4-9,11H,10,17H2,1-3H3. The Bertz CT molecular complexity index is 615. The molecule has 1 heterocycles. The molecule has 0 bridgehead atoms. The fraction of sp³-hybridized carbons (Fsp3) is 0.312. The van der Waals surface area contributed by atoms with Gasteiger partial charge in [-0.05, 0) is 37.6 Å². The molecule has 2 aromatic rings. The summed E-state index contributed by atoms with van der Waals surface area (Å²) in [6.45, 7) is 4.19. The van der Waals surface area contributed by atoms with Crippen LogP contribution >= 0.6 is 0 Å². The van der Waals surface area contributed by atoms with E-state index in [9.17, 15) is 4.79 Å². The van der Waals surface area contributed by atoms with Crippen LogP contribution in [0.5, 0.6) is 5.75 Å². The number of anilines is 1. The Kier molecular flexibility index (Phi) is 4.52. The normalized spacial score (nSPS) is 10.7. The molecule has 0 aliphatic rings. The second kappa shape index (κ2) is 6.35. The summed E-state index contributed by atoms with van der Waals surface area (Å²) in [5, 5.41) is 0. The van der Waals surface area contributed by atoms with Crippen molar-refractivity contribution in [3.63, 3.8) is 0 Å². The van der Waals surface area contributed by atoms with E-state index < -0.39 is 0 Å². The Morgan fingerprint density at radius 1 is 1.29 bits per heavy atom. The van der Waals surface area contributed by atoms with E-state index in [4.69, 9.17) is 15.2 Å². The molecular formula is C16H20N2O3. The molecule has 0 saturated heterocycles. The van der Waals surface area contributed by atoms with Gasteiger partial charge >= 0.3 is 5.97 Å². The van der Waals surface area contributed by atoms with E-state index >= 15 is 0 Å². The number of esters is 1. The number of hydrogen-bond donors (Lipinski definition) is 1. The van der Waals surface area contributed by atoms with Crippen LogP contribution in [0.4, 0.5) is 5.69 Å². The Balaban J connectivity index is 2.04. The Morgan fingerprint density at radius 2 is 1.95 bits per heavy atom. The molecule has 0 unspecified atom stereocenters. The van der Waals surface area contributed by atoms with E-state index in [2.05, 4.69) is 0 Å². The number of rotatable bonds is 5. The molecule has 1 aromatic carbocycles. The average molecular weight is 288 g/mol. The van der Waals surface area contributed by atoms with Crippen molar-refractivity contribution >= 4 is 11.7 Å². The van der Waals surface area contributed by atoms with Gasteiger partial charge < -0.3 is 19.8 Å². The number of aromatic nitrogens is 1. The van der Waals surface area contributed by atoms with Gasteiger partial charge in [0.05, 0.1) is 12.8 Å². The predicted octanol–water partition coefficient (Wildman–Crippen LogP) is 3.02. The van der Waals surface area contributed by atoms with Gasteiger partial charge in [-0.15, -0.1) is 0 Å². The van der Waals surface area contributed by atoms with Crippen molar-refractivity contribution in [2.75, 3.05) is 12.8 Å². The lowest BCUT2D eigenvalue weighted by atomic mass is 10.2. The zero-order valence-corrected chi connectivity index (χ0v) is 12.5. The van der Waals surface area contributed by atoms with Crippen LogP contribution in [0.25, 0.3) is 0 Å². The predicted molar refractivity (Wildman–Crippen MR) is 81.3 cm³/mol. The van der Waals surface area contributed by atoms with Gasteiger partial charge in [0.2, 0.25) is 0 Å². The smallest absolute Gasteiger partial charge is 0.355 e. The largest absolute Gasteiger partial charge is 0.497 e. The molecule has 0 amide bonds. The van der Waals surface area contributed by atoms with Gasteiger partial charge in [0.25, 0.3) is 0 Å². The monoisotopic (exact) mass is 288 g/mol. The zero-order valence-electron chi connectivity index (χ0n) is 12.5. The van der Waals surface area contributed by atoms with Gasteiger partial charge in [-0.2, -0.15) is 0 Å². The number of benzene rings is 1. The molecule has 2 N–H and O–H groups in total. The van der Waals surface area contributed by atoms with Crippen molar-refractivity contribution in [1.29, 1.82) is 0 Å². The summed E-state index contributed by atoms with van der Waals surface area (Å²) in [5.41, 5.74) is 7.68. The summed E-state index contributed by atoms with van der Waals surface area (Å²) in [5.74, 6) is 0.391. The van der Waals surface area contributed by atoms with E-state index in [1.165, 1.54) is 0 Å². The molecule has 0 aliphatic carbocycles. The van der Waals surface area contributed by atoms with Crippen molar-refractivity contribution < 1.29 is 14.3 Å². The molecule has 0 saturated carbocycles. The van der Waals surface area contributed by atoms with Gasteiger partial charge in [0.1, 0.15) is 18.1 Å². The molecule has 1 aromatic heterocycles. The van der Waals surface area contributed by atoms with Crippen LogP contribution in [-0.4, -0.2) is 17.6 Å². The number of nitrogen functional groups attached to an aromatic ring is 1. The molecule has 0 atom stereocenters. The minimum atomic E-state index is -0.379. The maximum atomic E-state index is 12.2. The molecule has 5 heteroatoms. The van der Waals surface area contributed by atoms with Gasteiger partial charge in [-0.3, -0.25) is 0 Å². The molecule has 21 heavy (non-hydrogen) atoms. The number of carbonyl (C=O) groups excluding carboxylic acids is 1. The molecular weight excluding hydrogens is 268 g/mol. The van der Waals surface area contributed by atoms with Gasteiger partial charge in [-0.25, -0.2) is 4.79 Å². The summed E-state index contributed by atoms with van der Waals surface area (Å²) in [6, 6.07) is 9.17. The topological polar surface area (TPSA) is 66.5 Å². The van der Waals surface area contributed by atoms with Gasteiger partial charge in [-0.1, -0.05) is 12.1 Å². The quantitative estimate of drug-likeness (QED) is 0.859. The molecule has 0 radical (unpaired) electrons. The van der Waals surface area contributed by atoms with E-state index in [1.54, 1.807) is 19.4 Å². The third-order valence-electron chi connectivity index (χ3n) is 3.16. The highest BCUT2D eigenvalue weighted by Gasteiger charge is 2.16. The number of nitrogens with zero attached hydrogens (tertiary/aromatic N) is 1. The Labute approximate surface area is 124 Å². The minimum absolute atomic E-state index is 0.144. The summed E-state index contributed by atoms with van der Waals surface area (Å²) < 4.78 is 12.2. The number of methoxy groups -OCH3 is 1. The number of nitrogens with two attached hydrogens (primary N) is 1. The highest BCUT2D eigenvalue weighted by molar-refractivity contribution is 5.89. The third kappa shape index (κ3) is 3.56.